The molecule has 0 heterocycles. The molecule has 21 heavy (non-hydrogen) atoms. The fourth-order valence-electron chi connectivity index (χ4n) is 2.31. The van der Waals surface area contributed by atoms with Gasteiger partial charge in [-0.1, -0.05) is 24.4 Å². The zero-order valence-corrected chi connectivity index (χ0v) is 13.5. The van der Waals surface area contributed by atoms with Crippen LogP contribution in [0.5, 0.6) is 0 Å². The van der Waals surface area contributed by atoms with Gasteiger partial charge in [-0.05, 0) is 37.5 Å². The van der Waals surface area contributed by atoms with Crippen molar-refractivity contribution in [3.8, 4) is 0 Å². The van der Waals surface area contributed by atoms with Crippen molar-refractivity contribution in [2.75, 3.05) is 6.61 Å². The van der Waals surface area contributed by atoms with E-state index in [1.807, 2.05) is 6.92 Å². The standard InChI is InChI=1S/C14H20N2O3S2/c1-2-19-12-8-11(9-12)16-21(17,18)13-5-3-10(4-6-13)7-14(15)20/h3-6,11-12,16H,2,7-9H2,1H3,(H2,15,20). The van der Waals surface area contributed by atoms with Crippen LogP contribution in [0.3, 0.4) is 0 Å². The van der Waals surface area contributed by atoms with Crippen LogP contribution < -0.4 is 10.5 Å². The van der Waals surface area contributed by atoms with Gasteiger partial charge in [-0.3, -0.25) is 0 Å². The smallest absolute Gasteiger partial charge is 0.240 e. The average molecular weight is 328 g/mol. The molecule has 1 aromatic rings. The van der Waals surface area contributed by atoms with Gasteiger partial charge in [-0.25, -0.2) is 13.1 Å². The number of nitrogens with one attached hydrogen (secondary N) is 1. The predicted molar refractivity (Wildman–Crippen MR) is 85.7 cm³/mol. The SMILES string of the molecule is CCOC1CC(NS(=O)(=O)c2ccc(CC(N)=S)cc2)C1. The number of sulfonamides is 1. The summed E-state index contributed by atoms with van der Waals surface area (Å²) in [5, 5.41) is 0. The molecule has 1 aliphatic rings. The monoisotopic (exact) mass is 328 g/mol. The molecule has 7 heteroatoms. The van der Waals surface area contributed by atoms with Crippen LogP contribution in [-0.2, 0) is 21.2 Å². The summed E-state index contributed by atoms with van der Waals surface area (Å²) < 4.78 is 32.6. The van der Waals surface area contributed by atoms with E-state index in [-0.39, 0.29) is 17.0 Å². The molecule has 116 valence electrons. The molecule has 5 nitrogen and oxygen atoms in total. The van der Waals surface area contributed by atoms with Crippen LogP contribution in [0.15, 0.2) is 29.2 Å². The molecule has 0 saturated heterocycles. The van der Waals surface area contributed by atoms with Crippen LogP contribution in [-0.4, -0.2) is 32.2 Å². The molecule has 1 fully saturated rings. The molecule has 1 saturated carbocycles. The zero-order valence-electron chi connectivity index (χ0n) is 11.9. The van der Waals surface area contributed by atoms with E-state index in [1.54, 1.807) is 24.3 Å². The minimum Gasteiger partial charge on any atom is -0.393 e. The van der Waals surface area contributed by atoms with Gasteiger partial charge < -0.3 is 10.5 Å². The van der Waals surface area contributed by atoms with Crippen molar-refractivity contribution in [1.82, 2.24) is 4.72 Å². The van der Waals surface area contributed by atoms with Crippen molar-refractivity contribution >= 4 is 27.2 Å². The highest BCUT2D eigenvalue weighted by atomic mass is 32.2. The van der Waals surface area contributed by atoms with Crippen LogP contribution in [0.25, 0.3) is 0 Å². The maximum atomic E-state index is 12.2. The highest BCUT2D eigenvalue weighted by molar-refractivity contribution is 7.89. The quantitative estimate of drug-likeness (QED) is 0.739. The Labute approximate surface area is 130 Å². The van der Waals surface area contributed by atoms with Gasteiger partial charge in [0.25, 0.3) is 0 Å². The first-order valence-corrected chi connectivity index (χ1v) is 8.81. The van der Waals surface area contributed by atoms with Gasteiger partial charge in [-0.2, -0.15) is 0 Å². The summed E-state index contributed by atoms with van der Waals surface area (Å²) in [5.74, 6) is 0. The van der Waals surface area contributed by atoms with E-state index in [0.717, 1.165) is 18.4 Å². The highest BCUT2D eigenvalue weighted by Gasteiger charge is 2.33. The number of nitrogens with two attached hydrogens (primary N) is 1. The van der Waals surface area contributed by atoms with Crippen LogP contribution >= 0.6 is 12.2 Å². The molecule has 0 amide bonds. The number of ether oxygens (including phenoxy) is 1. The van der Waals surface area contributed by atoms with Gasteiger partial charge in [0, 0.05) is 19.1 Å². The maximum Gasteiger partial charge on any atom is 0.240 e. The van der Waals surface area contributed by atoms with Crippen LogP contribution in [0.4, 0.5) is 0 Å². The molecule has 0 spiro atoms. The van der Waals surface area contributed by atoms with Crippen molar-refractivity contribution in [2.45, 2.75) is 43.2 Å². The van der Waals surface area contributed by atoms with E-state index >= 15 is 0 Å². The van der Waals surface area contributed by atoms with E-state index in [2.05, 4.69) is 4.72 Å². The van der Waals surface area contributed by atoms with Crippen LogP contribution in [0, 0.1) is 0 Å². The Hall–Kier alpha value is -1.02. The normalized spacial score (nSPS) is 21.8. The lowest BCUT2D eigenvalue weighted by molar-refractivity contribution is -0.00475. The van der Waals surface area contributed by atoms with Crippen LogP contribution in [0.2, 0.25) is 0 Å². The fraction of sp³-hybridized carbons (Fsp3) is 0.500. The Balaban J connectivity index is 1.95. The van der Waals surface area contributed by atoms with Crippen molar-refractivity contribution in [3.63, 3.8) is 0 Å². The summed E-state index contributed by atoms with van der Waals surface area (Å²) in [6.07, 6.45) is 2.11. The molecule has 0 radical (unpaired) electrons. The molecular formula is C14H20N2O3S2. The third-order valence-corrected chi connectivity index (χ3v) is 5.11. The van der Waals surface area contributed by atoms with Gasteiger partial charge >= 0.3 is 0 Å². The van der Waals surface area contributed by atoms with Crippen LogP contribution in [0.1, 0.15) is 25.3 Å². The zero-order chi connectivity index (χ0) is 15.5. The molecule has 0 aliphatic heterocycles. The molecule has 1 aliphatic carbocycles. The predicted octanol–water partition coefficient (Wildman–Crippen LogP) is 1.36. The molecule has 3 N–H and O–H groups in total. The highest BCUT2D eigenvalue weighted by Crippen LogP contribution is 2.25. The molecule has 1 aromatic carbocycles. The summed E-state index contributed by atoms with van der Waals surface area (Å²) in [5.41, 5.74) is 6.37. The van der Waals surface area contributed by atoms with E-state index in [0.29, 0.717) is 18.0 Å². The Morgan fingerprint density at radius 3 is 2.52 bits per heavy atom. The summed E-state index contributed by atoms with van der Waals surface area (Å²) in [4.78, 5) is 0.647. The molecule has 0 aromatic heterocycles. The first-order valence-electron chi connectivity index (χ1n) is 6.92. The summed E-state index contributed by atoms with van der Waals surface area (Å²) in [6, 6.07) is 6.58. The molecule has 0 bridgehead atoms. The fourth-order valence-corrected chi connectivity index (χ4v) is 3.74. The molecule has 2 rings (SSSR count). The molecule has 0 atom stereocenters. The van der Waals surface area contributed by atoms with Gasteiger partial charge in [0.1, 0.15) is 0 Å². The lowest BCUT2D eigenvalue weighted by Gasteiger charge is -2.35. The Morgan fingerprint density at radius 1 is 1.38 bits per heavy atom. The summed E-state index contributed by atoms with van der Waals surface area (Å²) in [6.45, 7) is 2.60. The van der Waals surface area contributed by atoms with E-state index < -0.39 is 10.0 Å². The van der Waals surface area contributed by atoms with E-state index in [9.17, 15) is 8.42 Å². The van der Waals surface area contributed by atoms with Crippen molar-refractivity contribution in [3.05, 3.63) is 29.8 Å². The third kappa shape index (κ3) is 4.47. The van der Waals surface area contributed by atoms with E-state index in [4.69, 9.17) is 22.7 Å². The number of rotatable bonds is 7. The number of hydrogen-bond acceptors (Lipinski definition) is 4. The van der Waals surface area contributed by atoms with Crippen molar-refractivity contribution in [1.29, 1.82) is 0 Å². The van der Waals surface area contributed by atoms with Crippen molar-refractivity contribution < 1.29 is 13.2 Å². The first-order chi connectivity index (χ1) is 9.90. The van der Waals surface area contributed by atoms with Gasteiger partial charge in [0.05, 0.1) is 16.0 Å². The molecule has 0 unspecified atom stereocenters. The second-order valence-electron chi connectivity index (χ2n) is 5.15. The summed E-state index contributed by atoms with van der Waals surface area (Å²) in [7, 11) is -3.47. The Morgan fingerprint density at radius 2 is 2.00 bits per heavy atom. The minimum absolute atomic E-state index is 0.0390. The number of benzene rings is 1. The van der Waals surface area contributed by atoms with Gasteiger partial charge in [0.15, 0.2) is 0 Å². The van der Waals surface area contributed by atoms with E-state index in [1.165, 1.54) is 0 Å². The topological polar surface area (TPSA) is 81.4 Å². The van der Waals surface area contributed by atoms with Crippen molar-refractivity contribution in [2.24, 2.45) is 5.73 Å². The average Bonchev–Trinajstić information content (AvgIpc) is 2.36. The third-order valence-electron chi connectivity index (χ3n) is 3.43. The minimum atomic E-state index is -3.47. The largest absolute Gasteiger partial charge is 0.393 e. The second kappa shape index (κ2) is 6.83. The lowest BCUT2D eigenvalue weighted by Crippen LogP contribution is -2.47. The van der Waals surface area contributed by atoms with Gasteiger partial charge in [-0.15, -0.1) is 0 Å². The second-order valence-corrected chi connectivity index (χ2v) is 7.39. The summed E-state index contributed by atoms with van der Waals surface area (Å²) >= 11 is 4.83. The first kappa shape index (κ1) is 16.4. The number of hydrogen-bond donors (Lipinski definition) is 2. The molecular weight excluding hydrogens is 308 g/mol. The number of thiocarbonyl (C=S) groups is 1. The lowest BCUT2D eigenvalue weighted by atomic mass is 9.90. The Bertz CT molecular complexity index is 593. The maximum absolute atomic E-state index is 12.2. The van der Waals surface area contributed by atoms with Gasteiger partial charge in [0.2, 0.25) is 10.0 Å². The Kier molecular flexibility index (Phi) is 5.32.